The quantitative estimate of drug-likeness (QED) is 0.708. The molecule has 156 valence electrons. The molecule has 0 saturated carbocycles. The van der Waals surface area contributed by atoms with Crippen LogP contribution in [-0.2, 0) is 11.3 Å². The van der Waals surface area contributed by atoms with Crippen molar-refractivity contribution in [1.82, 2.24) is 9.80 Å². The van der Waals surface area contributed by atoms with Gasteiger partial charge in [0.25, 0.3) is 5.91 Å². The molecule has 5 nitrogen and oxygen atoms in total. The first kappa shape index (κ1) is 21.4. The second kappa shape index (κ2) is 9.46. The molecule has 7 heteroatoms. The minimum atomic E-state index is -0.233. The summed E-state index contributed by atoms with van der Waals surface area (Å²) in [4.78, 5) is 16.9. The average molecular weight is 421 g/mol. The largest absolute Gasteiger partial charge is 0.497 e. The van der Waals surface area contributed by atoms with Crippen LogP contribution < -0.4 is 9.47 Å². The molecule has 1 heterocycles. The summed E-state index contributed by atoms with van der Waals surface area (Å²) in [5.74, 6) is 0.780. The Labute approximate surface area is 176 Å². The first-order chi connectivity index (χ1) is 13.9. The predicted molar refractivity (Wildman–Crippen MR) is 111 cm³/mol. The van der Waals surface area contributed by atoms with E-state index in [-0.39, 0.29) is 30.4 Å². The number of halogens is 2. The third kappa shape index (κ3) is 5.61. The van der Waals surface area contributed by atoms with E-state index < -0.39 is 0 Å². The van der Waals surface area contributed by atoms with E-state index in [4.69, 9.17) is 21.1 Å². The number of methoxy groups -OCH3 is 1. The molecule has 0 aromatic heterocycles. The molecule has 0 N–H and O–H groups in total. The Kier molecular flexibility index (Phi) is 6.98. The Bertz CT molecular complexity index is 846. The summed E-state index contributed by atoms with van der Waals surface area (Å²) in [6, 6.07) is 11.8. The van der Waals surface area contributed by atoms with Crippen molar-refractivity contribution in [3.05, 3.63) is 58.9 Å². The van der Waals surface area contributed by atoms with Gasteiger partial charge in [-0.15, -0.1) is 0 Å². The molecule has 29 heavy (non-hydrogen) atoms. The van der Waals surface area contributed by atoms with E-state index in [1.807, 2.05) is 11.8 Å². The lowest BCUT2D eigenvalue weighted by Crippen LogP contribution is -2.58. The molecule has 2 aromatic rings. The van der Waals surface area contributed by atoms with Crippen LogP contribution in [-0.4, -0.2) is 54.6 Å². The van der Waals surface area contributed by atoms with Crippen molar-refractivity contribution in [2.24, 2.45) is 0 Å². The van der Waals surface area contributed by atoms with Crippen LogP contribution in [0.5, 0.6) is 11.5 Å². The van der Waals surface area contributed by atoms with Crippen molar-refractivity contribution in [3.8, 4) is 11.5 Å². The van der Waals surface area contributed by atoms with E-state index in [9.17, 15) is 9.18 Å². The van der Waals surface area contributed by atoms with E-state index in [1.165, 1.54) is 12.1 Å². The standard InChI is InChI=1S/C22H26ClFN2O3/c1-15-12-26(16(2)11-25(15)13-17-4-6-19(24)7-5-17)22(27)14-29-21-9-18(23)8-20(10-21)28-3/h4-10,15-16H,11-14H2,1-3H3. The van der Waals surface area contributed by atoms with Crippen molar-refractivity contribution in [1.29, 1.82) is 0 Å². The van der Waals surface area contributed by atoms with Gasteiger partial charge in [-0.05, 0) is 43.7 Å². The first-order valence-corrected chi connectivity index (χ1v) is 9.99. The Hall–Kier alpha value is -2.31. The van der Waals surface area contributed by atoms with Gasteiger partial charge in [-0.3, -0.25) is 9.69 Å². The molecule has 2 aromatic carbocycles. The third-order valence-electron chi connectivity index (χ3n) is 5.18. The highest BCUT2D eigenvalue weighted by atomic mass is 35.5. The van der Waals surface area contributed by atoms with Gasteiger partial charge < -0.3 is 14.4 Å². The lowest BCUT2D eigenvalue weighted by molar-refractivity contribution is -0.139. The lowest BCUT2D eigenvalue weighted by Gasteiger charge is -2.44. The maximum atomic E-state index is 13.1. The van der Waals surface area contributed by atoms with Gasteiger partial charge in [0.15, 0.2) is 6.61 Å². The molecule has 2 atom stereocenters. The summed E-state index contributed by atoms with van der Waals surface area (Å²) in [6.07, 6.45) is 0. The summed E-state index contributed by atoms with van der Waals surface area (Å²) >= 11 is 6.04. The molecule has 2 unspecified atom stereocenters. The highest BCUT2D eigenvalue weighted by Gasteiger charge is 2.32. The van der Waals surface area contributed by atoms with Gasteiger partial charge in [-0.2, -0.15) is 0 Å². The lowest BCUT2D eigenvalue weighted by atomic mass is 10.1. The van der Waals surface area contributed by atoms with Crippen molar-refractivity contribution < 1.29 is 18.7 Å². The fraction of sp³-hybridized carbons (Fsp3) is 0.409. The molecule has 1 fully saturated rings. The molecular formula is C22H26ClFN2O3. The van der Waals surface area contributed by atoms with Crippen LogP contribution in [0.25, 0.3) is 0 Å². The van der Waals surface area contributed by atoms with E-state index in [0.29, 0.717) is 23.1 Å². The Morgan fingerprint density at radius 3 is 2.48 bits per heavy atom. The maximum absolute atomic E-state index is 13.1. The van der Waals surface area contributed by atoms with Gasteiger partial charge in [0.05, 0.1) is 7.11 Å². The van der Waals surface area contributed by atoms with E-state index in [0.717, 1.165) is 18.7 Å². The zero-order valence-electron chi connectivity index (χ0n) is 16.9. The number of carbonyl (C=O) groups excluding carboxylic acids is 1. The number of benzene rings is 2. The zero-order valence-corrected chi connectivity index (χ0v) is 17.7. The molecule has 1 aliphatic rings. The third-order valence-corrected chi connectivity index (χ3v) is 5.40. The summed E-state index contributed by atoms with van der Waals surface area (Å²) in [5, 5.41) is 0.489. The molecule has 0 bridgehead atoms. The van der Waals surface area contributed by atoms with Crippen LogP contribution in [0, 0.1) is 5.82 Å². The summed E-state index contributed by atoms with van der Waals surface area (Å²) in [7, 11) is 1.55. The number of nitrogens with zero attached hydrogens (tertiary/aromatic N) is 2. The Morgan fingerprint density at radius 1 is 1.10 bits per heavy atom. The van der Waals surface area contributed by atoms with Gasteiger partial charge in [0.1, 0.15) is 17.3 Å². The molecule has 0 spiro atoms. The second-order valence-electron chi connectivity index (χ2n) is 7.42. The average Bonchev–Trinajstić information content (AvgIpc) is 2.69. The normalized spacial score (nSPS) is 19.8. The SMILES string of the molecule is COc1cc(Cl)cc(OCC(=O)N2CC(C)N(Cc3ccc(F)cc3)CC2C)c1. The van der Waals surface area contributed by atoms with Crippen molar-refractivity contribution in [2.45, 2.75) is 32.5 Å². The van der Waals surface area contributed by atoms with Gasteiger partial charge >= 0.3 is 0 Å². The van der Waals surface area contributed by atoms with Crippen molar-refractivity contribution >= 4 is 17.5 Å². The van der Waals surface area contributed by atoms with Crippen molar-refractivity contribution in [2.75, 3.05) is 26.8 Å². The highest BCUT2D eigenvalue weighted by Crippen LogP contribution is 2.26. The summed E-state index contributed by atoms with van der Waals surface area (Å²) < 4.78 is 23.9. The van der Waals surface area contributed by atoms with Crippen LogP contribution >= 0.6 is 11.6 Å². The van der Waals surface area contributed by atoms with Crippen LogP contribution in [0.15, 0.2) is 42.5 Å². The Morgan fingerprint density at radius 2 is 1.79 bits per heavy atom. The molecule has 1 amide bonds. The summed E-state index contributed by atoms with van der Waals surface area (Å²) in [6.45, 7) is 6.16. The number of hydrogen-bond donors (Lipinski definition) is 0. The van der Waals surface area contributed by atoms with Crippen LogP contribution in [0.1, 0.15) is 19.4 Å². The fourth-order valence-corrected chi connectivity index (χ4v) is 3.77. The Balaban J connectivity index is 1.57. The molecule has 1 aliphatic heterocycles. The highest BCUT2D eigenvalue weighted by molar-refractivity contribution is 6.30. The molecular weight excluding hydrogens is 395 g/mol. The fourth-order valence-electron chi connectivity index (χ4n) is 3.56. The topological polar surface area (TPSA) is 42.0 Å². The molecule has 1 saturated heterocycles. The second-order valence-corrected chi connectivity index (χ2v) is 7.85. The van der Waals surface area contributed by atoms with E-state index >= 15 is 0 Å². The predicted octanol–water partition coefficient (Wildman–Crippen LogP) is 3.99. The molecule has 3 rings (SSSR count). The van der Waals surface area contributed by atoms with Crippen LogP contribution in [0.3, 0.4) is 0 Å². The van der Waals surface area contributed by atoms with Gasteiger partial charge in [0.2, 0.25) is 0 Å². The van der Waals surface area contributed by atoms with E-state index in [2.05, 4.69) is 11.8 Å². The number of hydrogen-bond acceptors (Lipinski definition) is 4. The minimum absolute atomic E-state index is 0.0524. The maximum Gasteiger partial charge on any atom is 0.260 e. The van der Waals surface area contributed by atoms with E-state index in [1.54, 1.807) is 37.4 Å². The molecule has 0 aliphatic carbocycles. The van der Waals surface area contributed by atoms with Crippen molar-refractivity contribution in [3.63, 3.8) is 0 Å². The zero-order chi connectivity index (χ0) is 21.0. The van der Waals surface area contributed by atoms with Crippen LogP contribution in [0.2, 0.25) is 5.02 Å². The minimum Gasteiger partial charge on any atom is -0.497 e. The monoisotopic (exact) mass is 420 g/mol. The molecule has 0 radical (unpaired) electrons. The number of carbonyl (C=O) groups is 1. The summed E-state index contributed by atoms with van der Waals surface area (Å²) in [5.41, 5.74) is 1.06. The van der Waals surface area contributed by atoms with Gasteiger partial charge in [-0.1, -0.05) is 23.7 Å². The van der Waals surface area contributed by atoms with Gasteiger partial charge in [0, 0.05) is 42.8 Å². The number of piperazine rings is 1. The van der Waals surface area contributed by atoms with Crippen LogP contribution in [0.4, 0.5) is 4.39 Å². The number of amides is 1. The first-order valence-electron chi connectivity index (χ1n) is 9.61. The smallest absolute Gasteiger partial charge is 0.260 e. The van der Waals surface area contributed by atoms with Gasteiger partial charge in [-0.25, -0.2) is 4.39 Å². The number of rotatable bonds is 6. The number of ether oxygens (including phenoxy) is 2.